The molecular weight excluding hydrogens is 568 g/mol. The highest BCUT2D eigenvalue weighted by atomic mass is 35.5. The lowest BCUT2D eigenvalue weighted by Gasteiger charge is -2.15. The molecule has 0 bridgehead atoms. The van der Waals surface area contributed by atoms with Gasteiger partial charge in [0.05, 0.1) is 17.8 Å². The topological polar surface area (TPSA) is 147 Å². The summed E-state index contributed by atoms with van der Waals surface area (Å²) in [4.78, 5) is 20.5. The lowest BCUT2D eigenvalue weighted by Crippen LogP contribution is -2.19. The highest BCUT2D eigenvalue weighted by Crippen LogP contribution is 2.38. The number of benzene rings is 2. The number of aromatic nitrogens is 2. The molecule has 3 N–H and O–H groups in total. The normalized spacial score (nSPS) is 10.4. The number of rotatable bonds is 11. The first-order chi connectivity index (χ1) is 19.5. The van der Waals surface area contributed by atoms with Crippen molar-refractivity contribution < 1.29 is 14.3 Å². The third-order valence-corrected chi connectivity index (χ3v) is 7.75. The number of hydrogen-bond acceptors (Lipinski definition) is 11. The Morgan fingerprint density at radius 1 is 1.05 bits per heavy atom. The van der Waals surface area contributed by atoms with Gasteiger partial charge in [0.15, 0.2) is 0 Å². The van der Waals surface area contributed by atoms with Gasteiger partial charge in [-0.25, -0.2) is 9.97 Å². The van der Waals surface area contributed by atoms with Gasteiger partial charge in [-0.1, -0.05) is 47.6 Å². The van der Waals surface area contributed by atoms with E-state index in [1.165, 1.54) is 23.1 Å². The van der Waals surface area contributed by atoms with E-state index in [1.54, 1.807) is 31.3 Å². The fourth-order valence-electron chi connectivity index (χ4n) is 3.68. The van der Waals surface area contributed by atoms with Crippen molar-refractivity contribution in [2.24, 2.45) is 5.73 Å². The summed E-state index contributed by atoms with van der Waals surface area (Å²) in [6, 6.07) is 18.9. The molecule has 12 heteroatoms. The molecule has 9 nitrogen and oxygen atoms in total. The number of nitrogens with zero attached hydrogens (tertiary/aromatic N) is 4. The zero-order valence-electron chi connectivity index (χ0n) is 21.3. The van der Waals surface area contributed by atoms with E-state index in [9.17, 15) is 15.3 Å². The Morgan fingerprint density at radius 3 is 2.40 bits per heavy atom. The average Bonchev–Trinajstić information content (AvgIpc) is 3.47. The SMILES string of the molecule is CNc1nc(SCc2csc(-c3ccc(Cl)cc3)n2)c(C#N)c(-c2ccc(OCCOC(=O)CN)cc2)c1C#N. The maximum atomic E-state index is 11.1. The minimum absolute atomic E-state index is 0.0750. The molecule has 0 spiro atoms. The van der Waals surface area contributed by atoms with Gasteiger partial charge in [0, 0.05) is 34.3 Å². The Balaban J connectivity index is 1.57. The lowest BCUT2D eigenvalue weighted by molar-refractivity contribution is -0.142. The Hall–Kier alpha value is -4.13. The molecule has 0 fully saturated rings. The molecule has 2 aromatic heterocycles. The summed E-state index contributed by atoms with van der Waals surface area (Å²) in [5.74, 6) is 0.903. The highest BCUT2D eigenvalue weighted by Gasteiger charge is 2.22. The number of carbonyl (C=O) groups excluding carboxylic acids is 1. The monoisotopic (exact) mass is 590 g/mol. The number of hydrogen-bond donors (Lipinski definition) is 2. The van der Waals surface area contributed by atoms with Crippen molar-refractivity contribution in [3.63, 3.8) is 0 Å². The molecule has 0 aliphatic heterocycles. The van der Waals surface area contributed by atoms with Gasteiger partial charge in [-0.15, -0.1) is 11.3 Å². The molecule has 0 aliphatic carbocycles. The van der Waals surface area contributed by atoms with Crippen molar-refractivity contribution in [1.82, 2.24) is 9.97 Å². The smallest absolute Gasteiger partial charge is 0.319 e. The quantitative estimate of drug-likeness (QED) is 0.131. The summed E-state index contributed by atoms with van der Waals surface area (Å²) in [7, 11) is 1.68. The number of nitriles is 2. The van der Waals surface area contributed by atoms with Crippen molar-refractivity contribution in [3.8, 4) is 39.6 Å². The van der Waals surface area contributed by atoms with Crippen molar-refractivity contribution >= 4 is 46.5 Å². The van der Waals surface area contributed by atoms with Gasteiger partial charge in [0.25, 0.3) is 0 Å². The first kappa shape index (κ1) is 28.9. The molecule has 40 heavy (non-hydrogen) atoms. The van der Waals surface area contributed by atoms with Gasteiger partial charge in [0.2, 0.25) is 0 Å². The summed E-state index contributed by atoms with van der Waals surface area (Å²) < 4.78 is 10.5. The summed E-state index contributed by atoms with van der Waals surface area (Å²) in [6.07, 6.45) is 0. The molecule has 0 radical (unpaired) electrons. The van der Waals surface area contributed by atoms with Crippen LogP contribution < -0.4 is 15.8 Å². The van der Waals surface area contributed by atoms with Crippen LogP contribution in [-0.2, 0) is 15.3 Å². The van der Waals surface area contributed by atoms with Gasteiger partial charge in [-0.3, -0.25) is 4.79 Å². The number of thiazole rings is 1. The van der Waals surface area contributed by atoms with E-state index in [2.05, 4.69) is 22.4 Å². The standard InChI is InChI=1S/C28H23ClN6O3S2/c1-33-26-22(12-30)25(17-4-8-21(9-5-17)37-10-11-38-24(36)14-32)23(13-31)28(35-26)40-16-20-15-39-27(34-20)18-2-6-19(29)7-3-18/h2-9,15H,10-11,14,16,32H2,1H3,(H,33,35). The number of thioether (sulfide) groups is 1. The highest BCUT2D eigenvalue weighted by molar-refractivity contribution is 7.98. The van der Waals surface area contributed by atoms with Crippen LogP contribution in [-0.4, -0.2) is 42.7 Å². The number of ether oxygens (including phenoxy) is 2. The fraction of sp³-hybridized carbons (Fsp3) is 0.179. The maximum Gasteiger partial charge on any atom is 0.319 e. The van der Waals surface area contributed by atoms with Crippen LogP contribution in [0.4, 0.5) is 5.82 Å². The maximum absolute atomic E-state index is 11.1. The second-order valence-electron chi connectivity index (χ2n) is 8.10. The van der Waals surface area contributed by atoms with Crippen molar-refractivity contribution in [1.29, 1.82) is 10.5 Å². The Bertz CT molecular complexity index is 1580. The lowest BCUT2D eigenvalue weighted by atomic mass is 9.96. The number of nitrogens with two attached hydrogens (primary N) is 1. The molecule has 2 heterocycles. The number of anilines is 1. The summed E-state index contributed by atoms with van der Waals surface area (Å²) >= 11 is 8.90. The van der Waals surface area contributed by atoms with E-state index in [0.29, 0.717) is 44.1 Å². The molecule has 202 valence electrons. The Labute approximate surface area is 244 Å². The van der Waals surface area contributed by atoms with E-state index in [-0.39, 0.29) is 25.3 Å². The molecule has 0 atom stereocenters. The minimum atomic E-state index is -0.504. The summed E-state index contributed by atoms with van der Waals surface area (Å²) in [5, 5.41) is 27.1. The van der Waals surface area contributed by atoms with Crippen LogP contribution in [0.3, 0.4) is 0 Å². The zero-order chi connectivity index (χ0) is 28.5. The van der Waals surface area contributed by atoms with E-state index in [0.717, 1.165) is 16.3 Å². The van der Waals surface area contributed by atoms with Gasteiger partial charge < -0.3 is 20.5 Å². The van der Waals surface area contributed by atoms with Crippen LogP contribution in [0, 0.1) is 22.7 Å². The number of pyridine rings is 1. The van der Waals surface area contributed by atoms with Crippen molar-refractivity contribution in [3.05, 3.63) is 75.8 Å². The van der Waals surface area contributed by atoms with Gasteiger partial charge in [-0.2, -0.15) is 10.5 Å². The molecule has 0 saturated carbocycles. The van der Waals surface area contributed by atoms with E-state index >= 15 is 0 Å². The molecule has 4 rings (SSSR count). The van der Waals surface area contributed by atoms with E-state index in [1.807, 2.05) is 29.6 Å². The predicted molar refractivity (Wildman–Crippen MR) is 156 cm³/mol. The number of esters is 1. The molecule has 0 aliphatic rings. The third kappa shape index (κ3) is 6.89. The number of halogens is 1. The minimum Gasteiger partial charge on any atom is -0.490 e. The average molecular weight is 591 g/mol. The Kier molecular flexibility index (Phi) is 9.95. The first-order valence-electron chi connectivity index (χ1n) is 11.9. The molecular formula is C28H23ClN6O3S2. The van der Waals surface area contributed by atoms with Crippen molar-refractivity contribution in [2.75, 3.05) is 32.1 Å². The third-order valence-electron chi connectivity index (χ3n) is 5.55. The Morgan fingerprint density at radius 2 is 1.75 bits per heavy atom. The zero-order valence-corrected chi connectivity index (χ0v) is 23.7. The van der Waals surface area contributed by atoms with Crippen LogP contribution in [0.2, 0.25) is 5.02 Å². The molecule has 4 aromatic rings. The van der Waals surface area contributed by atoms with Crippen LogP contribution in [0.15, 0.2) is 58.9 Å². The fourth-order valence-corrected chi connectivity index (χ4v) is 5.62. The molecule has 0 unspecified atom stereocenters. The van der Waals surface area contributed by atoms with Crippen LogP contribution in [0.5, 0.6) is 5.75 Å². The molecule has 0 saturated heterocycles. The van der Waals surface area contributed by atoms with E-state index < -0.39 is 5.97 Å². The number of nitrogens with one attached hydrogen (secondary N) is 1. The van der Waals surface area contributed by atoms with Crippen LogP contribution >= 0.6 is 34.7 Å². The second-order valence-corrected chi connectivity index (χ2v) is 10.4. The first-order valence-corrected chi connectivity index (χ1v) is 14.2. The van der Waals surface area contributed by atoms with Crippen LogP contribution in [0.25, 0.3) is 21.7 Å². The summed E-state index contributed by atoms with van der Waals surface area (Å²) in [5.41, 5.74) is 8.75. The molecule has 0 amide bonds. The summed E-state index contributed by atoms with van der Waals surface area (Å²) in [6.45, 7) is 0.0477. The van der Waals surface area contributed by atoms with Gasteiger partial charge in [-0.05, 0) is 29.8 Å². The van der Waals surface area contributed by atoms with Gasteiger partial charge >= 0.3 is 5.97 Å². The predicted octanol–water partition coefficient (Wildman–Crippen LogP) is 5.48. The second kappa shape index (κ2) is 13.8. The number of carbonyl (C=O) groups is 1. The molecule has 2 aromatic carbocycles. The van der Waals surface area contributed by atoms with E-state index in [4.69, 9.17) is 31.8 Å². The van der Waals surface area contributed by atoms with Crippen LogP contribution in [0.1, 0.15) is 16.8 Å². The largest absolute Gasteiger partial charge is 0.490 e. The van der Waals surface area contributed by atoms with Gasteiger partial charge in [0.1, 0.15) is 52.5 Å². The van der Waals surface area contributed by atoms with Crippen molar-refractivity contribution in [2.45, 2.75) is 10.8 Å².